The van der Waals surface area contributed by atoms with Gasteiger partial charge in [0, 0.05) is 18.1 Å². The highest BCUT2D eigenvalue weighted by atomic mass is 16.6. The smallest absolute Gasteiger partial charge is 0.407 e. The Morgan fingerprint density at radius 1 is 0.610 bits per heavy atom. The van der Waals surface area contributed by atoms with Gasteiger partial charge in [0.25, 0.3) is 0 Å². The first-order valence-corrected chi connectivity index (χ1v) is 21.4. The largest absolute Gasteiger partial charge is 0.469 e. The molecule has 13 nitrogen and oxygen atoms in total. The van der Waals surface area contributed by atoms with E-state index in [0.29, 0.717) is 6.42 Å². The summed E-state index contributed by atoms with van der Waals surface area (Å²) in [5.41, 5.74) is 6.83. The van der Waals surface area contributed by atoms with Crippen molar-refractivity contribution in [2.45, 2.75) is 149 Å². The molecule has 2 aromatic carbocycles. The van der Waals surface area contributed by atoms with Crippen molar-refractivity contribution in [3.63, 3.8) is 0 Å². The molecular formula is C46H71N3O10. The van der Waals surface area contributed by atoms with Crippen LogP contribution in [0, 0.1) is 16.7 Å². The highest BCUT2D eigenvalue weighted by molar-refractivity contribution is 5.79. The summed E-state index contributed by atoms with van der Waals surface area (Å²) in [7, 11) is 4.22. The number of hydrogen-bond donors (Lipinski definition) is 3. The summed E-state index contributed by atoms with van der Waals surface area (Å²) in [6.07, 6.45) is 11.5. The number of rotatable bonds is 11. The zero-order chi connectivity index (χ0) is 43.7. The Bertz CT molecular complexity index is 1540. The lowest BCUT2D eigenvalue weighted by atomic mass is 9.68. The van der Waals surface area contributed by atoms with Crippen LogP contribution in [-0.2, 0) is 51.3 Å². The van der Waals surface area contributed by atoms with Crippen LogP contribution in [0.5, 0.6) is 0 Å². The zero-order valence-corrected chi connectivity index (χ0v) is 36.6. The Kier molecular flexibility index (Phi) is 23.3. The summed E-state index contributed by atoms with van der Waals surface area (Å²) in [6, 6.07) is 18.5. The van der Waals surface area contributed by atoms with Gasteiger partial charge in [0.05, 0.1) is 38.1 Å². The number of amides is 2. The molecule has 4 N–H and O–H groups in total. The minimum Gasteiger partial charge on any atom is -0.469 e. The van der Waals surface area contributed by atoms with Crippen molar-refractivity contribution < 1.29 is 47.7 Å². The molecule has 0 aliphatic heterocycles. The molecule has 2 amide bonds. The van der Waals surface area contributed by atoms with E-state index in [9.17, 15) is 24.0 Å². The highest BCUT2D eigenvalue weighted by Gasteiger charge is 2.48. The summed E-state index contributed by atoms with van der Waals surface area (Å²) in [4.78, 5) is 59.6. The third-order valence-corrected chi connectivity index (χ3v) is 11.9. The lowest BCUT2D eigenvalue weighted by molar-refractivity contribution is -0.157. The van der Waals surface area contributed by atoms with Crippen LogP contribution in [0.15, 0.2) is 60.7 Å². The van der Waals surface area contributed by atoms with Gasteiger partial charge in [-0.1, -0.05) is 127 Å². The molecule has 13 heteroatoms. The number of hydrogen-bond acceptors (Lipinski definition) is 11. The van der Waals surface area contributed by atoms with Crippen molar-refractivity contribution in [2.24, 2.45) is 22.5 Å². The summed E-state index contributed by atoms with van der Waals surface area (Å²) in [5.74, 6) is -0.897. The van der Waals surface area contributed by atoms with E-state index in [1.807, 2.05) is 88.4 Å². The number of methoxy groups -OCH3 is 3. The molecule has 330 valence electrons. The SMILES string of the molecule is CC.CC[C@@]1(C(=O)OC)CCCC[C@@H]1N.CC[C@@]1(C(=O)OC)CCCC[C@@H]1NC(=O)OCc1ccccc1.COC(=O)[C@H]1CCCC[C@@H]1NC(=O)OCc1ccccc1. The van der Waals surface area contributed by atoms with Gasteiger partial charge in [-0.2, -0.15) is 0 Å². The average Bonchev–Trinajstić information content (AvgIpc) is 3.29. The maximum absolute atomic E-state index is 12.3. The number of nitrogens with two attached hydrogens (primary N) is 1. The van der Waals surface area contributed by atoms with Gasteiger partial charge in [0.2, 0.25) is 0 Å². The van der Waals surface area contributed by atoms with E-state index in [0.717, 1.165) is 94.6 Å². The van der Waals surface area contributed by atoms with Crippen LogP contribution in [0.3, 0.4) is 0 Å². The number of ether oxygens (including phenoxy) is 5. The second-order valence-electron chi connectivity index (χ2n) is 15.1. The first-order chi connectivity index (χ1) is 28.5. The van der Waals surface area contributed by atoms with Crippen LogP contribution in [0.1, 0.15) is 129 Å². The van der Waals surface area contributed by atoms with Gasteiger partial charge >= 0.3 is 30.1 Å². The van der Waals surface area contributed by atoms with Crippen LogP contribution in [-0.4, -0.2) is 69.5 Å². The molecular weight excluding hydrogens is 755 g/mol. The molecule has 59 heavy (non-hydrogen) atoms. The monoisotopic (exact) mass is 826 g/mol. The lowest BCUT2D eigenvalue weighted by Crippen LogP contribution is -2.54. The standard InChI is InChI=1S/C18H25NO4.C16H21NO4.C10H19NO2.C2H6/c1-3-18(16(20)22-2)12-8-7-11-15(18)19-17(21)23-13-14-9-5-4-6-10-14;1-20-15(18)13-9-5-6-10-14(13)17-16(19)21-11-12-7-3-2-4-8-12;1-3-10(9(12)13-2)7-5-4-6-8(10)11;1-2/h4-6,9-10,15H,3,7-8,11-13H2,1-2H3,(H,19,21);2-4,7-8,13-14H,5-6,9-11H2,1H3,(H,17,19);8H,3-7,11H2,1-2H3;1-2H3/t15-,18+;13-,14-;8-,10+;/m000./s1. The molecule has 3 fully saturated rings. The predicted octanol–water partition coefficient (Wildman–Crippen LogP) is 8.55. The van der Waals surface area contributed by atoms with Gasteiger partial charge in [-0.3, -0.25) is 14.4 Å². The fraction of sp³-hybridized carbons (Fsp3) is 0.630. The fourth-order valence-corrected chi connectivity index (χ4v) is 8.33. The van der Waals surface area contributed by atoms with E-state index in [1.165, 1.54) is 21.3 Å². The Morgan fingerprint density at radius 3 is 1.56 bits per heavy atom. The van der Waals surface area contributed by atoms with Crippen LogP contribution in [0.4, 0.5) is 9.59 Å². The molecule has 0 saturated heterocycles. The quantitative estimate of drug-likeness (QED) is 0.146. The van der Waals surface area contributed by atoms with Gasteiger partial charge in [-0.15, -0.1) is 0 Å². The number of nitrogens with one attached hydrogen (secondary N) is 2. The molecule has 3 aliphatic carbocycles. The third kappa shape index (κ3) is 15.2. The van der Waals surface area contributed by atoms with E-state index in [-0.39, 0.29) is 55.2 Å². The molecule has 0 aromatic heterocycles. The van der Waals surface area contributed by atoms with Crippen molar-refractivity contribution in [1.82, 2.24) is 10.6 Å². The van der Waals surface area contributed by atoms with Gasteiger partial charge in [-0.25, -0.2) is 9.59 Å². The van der Waals surface area contributed by atoms with Crippen molar-refractivity contribution in [1.29, 1.82) is 0 Å². The summed E-state index contributed by atoms with van der Waals surface area (Å²) in [6.45, 7) is 8.42. The molecule has 6 atom stereocenters. The van der Waals surface area contributed by atoms with Gasteiger partial charge < -0.3 is 40.1 Å². The third-order valence-electron chi connectivity index (χ3n) is 11.9. The average molecular weight is 826 g/mol. The minimum atomic E-state index is -0.640. The number of benzene rings is 2. The Labute approximate surface area is 352 Å². The Morgan fingerprint density at radius 2 is 1.07 bits per heavy atom. The first-order valence-electron chi connectivity index (χ1n) is 21.4. The van der Waals surface area contributed by atoms with Crippen molar-refractivity contribution in [3.05, 3.63) is 71.8 Å². The number of esters is 3. The maximum atomic E-state index is 12.3. The summed E-state index contributed by atoms with van der Waals surface area (Å²) < 4.78 is 25.1. The van der Waals surface area contributed by atoms with Crippen molar-refractivity contribution in [3.8, 4) is 0 Å². The topological polar surface area (TPSA) is 182 Å². The highest BCUT2D eigenvalue weighted by Crippen LogP contribution is 2.41. The van der Waals surface area contributed by atoms with E-state index >= 15 is 0 Å². The van der Waals surface area contributed by atoms with Gasteiger partial charge in [-0.05, 0) is 62.5 Å². The van der Waals surface area contributed by atoms with Crippen LogP contribution < -0.4 is 16.4 Å². The van der Waals surface area contributed by atoms with Crippen LogP contribution in [0.25, 0.3) is 0 Å². The van der Waals surface area contributed by atoms with Crippen molar-refractivity contribution in [2.75, 3.05) is 21.3 Å². The molecule has 0 bridgehead atoms. The molecule has 0 heterocycles. The van der Waals surface area contributed by atoms with E-state index in [4.69, 9.17) is 29.4 Å². The molecule has 5 rings (SSSR count). The predicted molar refractivity (Wildman–Crippen MR) is 227 cm³/mol. The maximum Gasteiger partial charge on any atom is 0.407 e. The molecule has 0 unspecified atom stereocenters. The molecule has 3 saturated carbocycles. The zero-order valence-electron chi connectivity index (χ0n) is 36.6. The minimum absolute atomic E-state index is 0.0151. The summed E-state index contributed by atoms with van der Waals surface area (Å²) in [5, 5.41) is 5.68. The fourth-order valence-electron chi connectivity index (χ4n) is 8.33. The second kappa shape index (κ2) is 27.2. The normalized spacial score (nSPS) is 24.5. The van der Waals surface area contributed by atoms with Gasteiger partial charge in [0.15, 0.2) is 0 Å². The second-order valence-corrected chi connectivity index (χ2v) is 15.1. The number of alkyl carbamates (subject to hydrolysis) is 2. The van der Waals surface area contributed by atoms with Gasteiger partial charge in [0.1, 0.15) is 13.2 Å². The van der Waals surface area contributed by atoms with E-state index in [2.05, 4.69) is 10.6 Å². The molecule has 2 aromatic rings. The number of carbonyl (C=O) groups is 5. The van der Waals surface area contributed by atoms with Crippen LogP contribution in [0.2, 0.25) is 0 Å². The Balaban J connectivity index is 0.000000309. The Hall–Kier alpha value is -4.65. The first kappa shape index (κ1) is 50.5. The number of carbonyl (C=O) groups excluding carboxylic acids is 5. The van der Waals surface area contributed by atoms with Crippen LogP contribution >= 0.6 is 0 Å². The molecule has 0 spiro atoms. The molecule has 3 aliphatic rings. The van der Waals surface area contributed by atoms with E-state index < -0.39 is 23.0 Å². The summed E-state index contributed by atoms with van der Waals surface area (Å²) >= 11 is 0. The lowest BCUT2D eigenvalue weighted by Gasteiger charge is -2.41. The van der Waals surface area contributed by atoms with E-state index in [1.54, 1.807) is 0 Å². The molecule has 0 radical (unpaired) electrons. The van der Waals surface area contributed by atoms with Crippen molar-refractivity contribution >= 4 is 30.1 Å².